The summed E-state index contributed by atoms with van der Waals surface area (Å²) in [5.74, 6) is 1.33. The van der Waals surface area contributed by atoms with Crippen LogP contribution in [-0.2, 0) is 15.8 Å². The number of rotatable bonds is 5. The number of nitrogens with zero attached hydrogens (tertiary/aromatic N) is 3. The second kappa shape index (κ2) is 7.17. The Labute approximate surface area is 143 Å². The molecule has 1 saturated heterocycles. The number of piperidine rings is 1. The van der Waals surface area contributed by atoms with Crippen LogP contribution in [0.2, 0.25) is 0 Å². The number of aromatic nitrogens is 2. The van der Waals surface area contributed by atoms with Crippen LogP contribution in [0.5, 0.6) is 0 Å². The summed E-state index contributed by atoms with van der Waals surface area (Å²) in [5, 5.41) is 0. The van der Waals surface area contributed by atoms with E-state index in [1.807, 2.05) is 18.2 Å². The van der Waals surface area contributed by atoms with Gasteiger partial charge in [0, 0.05) is 13.1 Å². The lowest BCUT2D eigenvalue weighted by molar-refractivity contribution is 0.434. The van der Waals surface area contributed by atoms with Crippen molar-refractivity contribution in [2.75, 3.05) is 22.7 Å². The minimum Gasteiger partial charge on any atom is -0.341 e. The van der Waals surface area contributed by atoms with Gasteiger partial charge in [-0.05, 0) is 24.3 Å². The largest absolute Gasteiger partial charge is 0.341 e. The molecule has 24 heavy (non-hydrogen) atoms. The highest BCUT2D eigenvalue weighted by atomic mass is 32.2. The highest BCUT2D eigenvalue weighted by Gasteiger charge is 2.18. The van der Waals surface area contributed by atoms with Gasteiger partial charge in [0.05, 0.1) is 23.8 Å². The normalized spacial score (nSPS) is 16.1. The number of hydrogen-bond acceptors (Lipinski definition) is 5. The minimum absolute atomic E-state index is 0.0698. The molecule has 0 radical (unpaired) electrons. The molecule has 2 aromatic rings. The first-order valence-corrected chi connectivity index (χ1v) is 9.78. The topological polar surface area (TPSA) is 75.2 Å². The maximum atomic E-state index is 12.2. The summed E-state index contributed by atoms with van der Waals surface area (Å²) >= 11 is 0. The molecule has 0 saturated carbocycles. The quantitative estimate of drug-likeness (QED) is 0.901. The minimum atomic E-state index is -3.48. The molecule has 0 atom stereocenters. The van der Waals surface area contributed by atoms with Gasteiger partial charge in [-0.1, -0.05) is 37.3 Å². The molecule has 0 aliphatic carbocycles. The van der Waals surface area contributed by atoms with E-state index in [1.54, 1.807) is 12.1 Å². The first-order valence-electron chi connectivity index (χ1n) is 8.13. The summed E-state index contributed by atoms with van der Waals surface area (Å²) in [6.07, 6.45) is 5.33. The first-order chi connectivity index (χ1) is 11.5. The van der Waals surface area contributed by atoms with E-state index in [0.717, 1.165) is 37.4 Å². The van der Waals surface area contributed by atoms with Crippen molar-refractivity contribution in [2.45, 2.75) is 25.5 Å². The number of sulfonamides is 1. The summed E-state index contributed by atoms with van der Waals surface area (Å²) in [4.78, 5) is 10.8. The molecular formula is C17H22N4O2S. The smallest absolute Gasteiger partial charge is 0.237 e. The van der Waals surface area contributed by atoms with E-state index in [-0.39, 0.29) is 5.75 Å². The molecule has 0 bridgehead atoms. The Kier molecular flexibility index (Phi) is 4.99. The van der Waals surface area contributed by atoms with Crippen LogP contribution in [0.4, 0.5) is 11.6 Å². The molecule has 128 valence electrons. The third-order valence-electron chi connectivity index (χ3n) is 4.18. The Balaban J connectivity index is 1.63. The van der Waals surface area contributed by atoms with Crippen LogP contribution in [0.3, 0.4) is 0 Å². The van der Waals surface area contributed by atoms with Crippen LogP contribution in [0, 0.1) is 5.92 Å². The predicted molar refractivity (Wildman–Crippen MR) is 95.3 cm³/mol. The van der Waals surface area contributed by atoms with E-state index < -0.39 is 10.0 Å². The zero-order valence-corrected chi connectivity index (χ0v) is 14.5. The van der Waals surface area contributed by atoms with Crippen molar-refractivity contribution in [1.82, 2.24) is 9.97 Å². The van der Waals surface area contributed by atoms with Crippen molar-refractivity contribution in [1.29, 1.82) is 0 Å². The summed E-state index contributed by atoms with van der Waals surface area (Å²) in [7, 11) is -3.48. The van der Waals surface area contributed by atoms with Gasteiger partial charge in [-0.2, -0.15) is 0 Å². The fourth-order valence-electron chi connectivity index (χ4n) is 2.76. The van der Waals surface area contributed by atoms with Gasteiger partial charge in [-0.15, -0.1) is 0 Å². The fourth-order valence-corrected chi connectivity index (χ4v) is 3.92. The van der Waals surface area contributed by atoms with Crippen LogP contribution in [0.15, 0.2) is 42.7 Å². The fraction of sp³-hybridized carbons (Fsp3) is 0.412. The molecule has 1 aliphatic heterocycles. The Bertz CT molecular complexity index is 755. The maximum Gasteiger partial charge on any atom is 0.237 e. The van der Waals surface area contributed by atoms with E-state index in [0.29, 0.717) is 11.6 Å². The van der Waals surface area contributed by atoms with Crippen molar-refractivity contribution in [2.24, 2.45) is 5.92 Å². The van der Waals surface area contributed by atoms with Crippen LogP contribution >= 0.6 is 0 Å². The summed E-state index contributed by atoms with van der Waals surface area (Å²) in [6, 6.07) is 9.08. The molecule has 6 nitrogen and oxygen atoms in total. The van der Waals surface area contributed by atoms with Gasteiger partial charge < -0.3 is 4.90 Å². The molecule has 7 heteroatoms. The van der Waals surface area contributed by atoms with Crippen LogP contribution in [0.25, 0.3) is 0 Å². The molecule has 0 unspecified atom stereocenters. The molecular weight excluding hydrogens is 324 g/mol. The van der Waals surface area contributed by atoms with E-state index in [1.165, 1.54) is 12.4 Å². The maximum absolute atomic E-state index is 12.2. The van der Waals surface area contributed by atoms with E-state index in [9.17, 15) is 8.42 Å². The summed E-state index contributed by atoms with van der Waals surface area (Å²) < 4.78 is 27.0. The molecule has 1 fully saturated rings. The van der Waals surface area contributed by atoms with Gasteiger partial charge in [-0.3, -0.25) is 4.72 Å². The molecule has 1 aromatic heterocycles. The van der Waals surface area contributed by atoms with Gasteiger partial charge in [0.15, 0.2) is 0 Å². The number of benzene rings is 1. The van der Waals surface area contributed by atoms with Gasteiger partial charge in [-0.25, -0.2) is 18.4 Å². The predicted octanol–water partition coefficient (Wildman–Crippen LogP) is 2.65. The second-order valence-electron chi connectivity index (χ2n) is 6.29. The lowest BCUT2D eigenvalue weighted by atomic mass is 10.00. The number of anilines is 2. The van der Waals surface area contributed by atoms with Crippen LogP contribution in [-0.4, -0.2) is 31.5 Å². The lowest BCUT2D eigenvalue weighted by Crippen LogP contribution is -2.34. The van der Waals surface area contributed by atoms with E-state index >= 15 is 0 Å². The number of hydrogen-bond donors (Lipinski definition) is 1. The Hall–Kier alpha value is -2.15. The highest BCUT2D eigenvalue weighted by molar-refractivity contribution is 7.91. The van der Waals surface area contributed by atoms with Gasteiger partial charge in [0.2, 0.25) is 16.0 Å². The molecule has 2 heterocycles. The van der Waals surface area contributed by atoms with Crippen molar-refractivity contribution in [3.05, 3.63) is 48.3 Å². The third-order valence-corrected chi connectivity index (χ3v) is 5.44. The van der Waals surface area contributed by atoms with Gasteiger partial charge >= 0.3 is 0 Å². The van der Waals surface area contributed by atoms with Crippen LogP contribution in [0.1, 0.15) is 25.3 Å². The van der Waals surface area contributed by atoms with Crippen molar-refractivity contribution >= 4 is 21.7 Å². The Morgan fingerprint density at radius 2 is 1.75 bits per heavy atom. The standard InChI is InChI=1S/C17H22N4O2S/c1-14-7-9-21(10-8-14)17-18-11-16(12-19-17)20-24(22,23)13-15-5-3-2-4-6-15/h2-6,11-12,14,20H,7-10,13H2,1H3. The molecule has 0 spiro atoms. The summed E-state index contributed by atoms with van der Waals surface area (Å²) in [5.41, 5.74) is 1.13. The van der Waals surface area contributed by atoms with E-state index in [2.05, 4.69) is 26.5 Å². The Morgan fingerprint density at radius 1 is 1.12 bits per heavy atom. The highest BCUT2D eigenvalue weighted by Crippen LogP contribution is 2.20. The second-order valence-corrected chi connectivity index (χ2v) is 8.01. The average molecular weight is 346 g/mol. The molecule has 1 aromatic carbocycles. The Morgan fingerprint density at radius 3 is 2.38 bits per heavy atom. The van der Waals surface area contributed by atoms with Crippen LogP contribution < -0.4 is 9.62 Å². The molecule has 3 rings (SSSR count). The van der Waals surface area contributed by atoms with Gasteiger partial charge in [0.1, 0.15) is 0 Å². The molecule has 1 aliphatic rings. The first kappa shape index (κ1) is 16.7. The molecule has 1 N–H and O–H groups in total. The zero-order chi connectivity index (χ0) is 17.0. The zero-order valence-electron chi connectivity index (χ0n) is 13.7. The number of nitrogens with one attached hydrogen (secondary N) is 1. The summed E-state index contributed by atoms with van der Waals surface area (Å²) in [6.45, 7) is 4.14. The van der Waals surface area contributed by atoms with Crippen molar-refractivity contribution in [3.63, 3.8) is 0 Å². The van der Waals surface area contributed by atoms with E-state index in [4.69, 9.17) is 0 Å². The lowest BCUT2D eigenvalue weighted by Gasteiger charge is -2.30. The van der Waals surface area contributed by atoms with Gasteiger partial charge in [0.25, 0.3) is 0 Å². The average Bonchev–Trinajstić information content (AvgIpc) is 2.56. The van der Waals surface area contributed by atoms with Crippen molar-refractivity contribution < 1.29 is 8.42 Å². The monoisotopic (exact) mass is 346 g/mol. The van der Waals surface area contributed by atoms with Crippen molar-refractivity contribution in [3.8, 4) is 0 Å². The molecule has 0 amide bonds. The third kappa shape index (κ3) is 4.44. The SMILES string of the molecule is CC1CCN(c2ncc(NS(=O)(=O)Cc3ccccc3)cn2)CC1.